The van der Waals surface area contributed by atoms with Gasteiger partial charge in [-0.25, -0.2) is 0 Å². The third-order valence-electron chi connectivity index (χ3n) is 3.47. The van der Waals surface area contributed by atoms with Crippen LogP contribution >= 0.6 is 15.9 Å². The van der Waals surface area contributed by atoms with Crippen LogP contribution in [0.4, 0.5) is 5.69 Å². The van der Waals surface area contributed by atoms with Gasteiger partial charge in [0, 0.05) is 28.8 Å². The van der Waals surface area contributed by atoms with Gasteiger partial charge in [-0.05, 0) is 43.2 Å². The van der Waals surface area contributed by atoms with Gasteiger partial charge in [0.15, 0.2) is 0 Å². The highest BCUT2D eigenvalue weighted by Crippen LogP contribution is 2.27. The van der Waals surface area contributed by atoms with E-state index in [0.29, 0.717) is 5.56 Å². The first-order valence-electron chi connectivity index (χ1n) is 6.86. The molecule has 1 unspecified atom stereocenters. The average Bonchev–Trinajstić information content (AvgIpc) is 2.49. The summed E-state index contributed by atoms with van der Waals surface area (Å²) in [6.07, 6.45) is 0. The summed E-state index contributed by atoms with van der Waals surface area (Å²) in [6, 6.07) is 14.0. The minimum Gasteiger partial charge on any atom is -0.378 e. The van der Waals surface area contributed by atoms with E-state index >= 15 is 0 Å². The summed E-state index contributed by atoms with van der Waals surface area (Å²) in [5.74, 6) is -0.0772. The summed E-state index contributed by atoms with van der Waals surface area (Å²) in [5.41, 5.74) is 3.92. The lowest BCUT2D eigenvalue weighted by atomic mass is 10.1. The molecule has 0 saturated heterocycles. The number of carbonyl (C=O) groups excluding carboxylic acids is 1. The van der Waals surface area contributed by atoms with Crippen LogP contribution in [0.15, 0.2) is 46.9 Å². The molecule has 1 amide bonds. The smallest absolute Gasteiger partial charge is 0.251 e. The average molecular weight is 347 g/mol. The van der Waals surface area contributed by atoms with Crippen molar-refractivity contribution in [3.63, 3.8) is 0 Å². The van der Waals surface area contributed by atoms with Gasteiger partial charge in [-0.3, -0.25) is 4.79 Å². The minimum absolute atomic E-state index is 0.0772. The molecule has 4 heteroatoms. The second-order valence-corrected chi connectivity index (χ2v) is 5.85. The van der Waals surface area contributed by atoms with Crippen molar-refractivity contribution in [2.75, 3.05) is 12.4 Å². The van der Waals surface area contributed by atoms with E-state index in [1.54, 1.807) is 7.05 Å². The first-order chi connectivity index (χ1) is 10.0. The zero-order valence-corrected chi connectivity index (χ0v) is 14.0. The molecule has 21 heavy (non-hydrogen) atoms. The van der Waals surface area contributed by atoms with Crippen molar-refractivity contribution in [1.29, 1.82) is 0 Å². The Morgan fingerprint density at radius 2 is 1.90 bits per heavy atom. The third-order valence-corrected chi connectivity index (χ3v) is 4.19. The molecule has 0 spiro atoms. The fraction of sp³-hybridized carbons (Fsp3) is 0.235. The summed E-state index contributed by atoms with van der Waals surface area (Å²) in [6.45, 7) is 4.13. The molecule has 0 radical (unpaired) electrons. The molecule has 2 rings (SSSR count). The van der Waals surface area contributed by atoms with Crippen molar-refractivity contribution in [3.8, 4) is 0 Å². The Morgan fingerprint density at radius 1 is 1.19 bits per heavy atom. The molecule has 2 N–H and O–H groups in total. The van der Waals surface area contributed by atoms with Crippen LogP contribution in [0, 0.1) is 6.92 Å². The molecule has 0 aliphatic carbocycles. The summed E-state index contributed by atoms with van der Waals surface area (Å²) in [4.78, 5) is 11.7. The lowest BCUT2D eigenvalue weighted by Gasteiger charge is -2.19. The first kappa shape index (κ1) is 15.6. The molecule has 0 aliphatic rings. The zero-order chi connectivity index (χ0) is 15.4. The number of halogens is 1. The Bertz CT molecular complexity index is 655. The maximum Gasteiger partial charge on any atom is 0.251 e. The summed E-state index contributed by atoms with van der Waals surface area (Å²) in [5, 5.41) is 6.12. The van der Waals surface area contributed by atoms with Crippen LogP contribution in [-0.2, 0) is 0 Å². The van der Waals surface area contributed by atoms with E-state index in [-0.39, 0.29) is 11.9 Å². The monoisotopic (exact) mass is 346 g/mol. The standard InChI is InChI=1S/C17H19BrN2O/c1-11-8-9-13(17(21)19-3)10-16(11)20-12(2)14-6-4-5-7-15(14)18/h4-10,12,20H,1-3H3,(H,19,21). The van der Waals surface area contributed by atoms with Gasteiger partial charge < -0.3 is 10.6 Å². The zero-order valence-electron chi connectivity index (χ0n) is 12.4. The summed E-state index contributed by atoms with van der Waals surface area (Å²) in [7, 11) is 1.64. The molecule has 3 nitrogen and oxygen atoms in total. The fourth-order valence-electron chi connectivity index (χ4n) is 2.20. The molecule has 0 aliphatic heterocycles. The van der Waals surface area contributed by atoms with Gasteiger partial charge in [-0.2, -0.15) is 0 Å². The van der Waals surface area contributed by atoms with Crippen molar-refractivity contribution >= 4 is 27.5 Å². The minimum atomic E-state index is -0.0772. The Hall–Kier alpha value is -1.81. The maximum absolute atomic E-state index is 11.7. The van der Waals surface area contributed by atoms with Gasteiger partial charge in [0.2, 0.25) is 0 Å². The van der Waals surface area contributed by atoms with Crippen LogP contribution in [0.25, 0.3) is 0 Å². The normalized spacial score (nSPS) is 11.8. The molecule has 1 atom stereocenters. The van der Waals surface area contributed by atoms with E-state index in [2.05, 4.69) is 39.6 Å². The second kappa shape index (κ2) is 6.76. The van der Waals surface area contributed by atoms with Crippen molar-refractivity contribution in [1.82, 2.24) is 5.32 Å². The molecule has 0 bridgehead atoms. The number of amides is 1. The molecular formula is C17H19BrN2O. The summed E-state index contributed by atoms with van der Waals surface area (Å²) < 4.78 is 1.07. The van der Waals surface area contributed by atoms with Gasteiger partial charge in [0.1, 0.15) is 0 Å². The molecule has 0 aromatic heterocycles. The highest BCUT2D eigenvalue weighted by molar-refractivity contribution is 9.10. The summed E-state index contributed by atoms with van der Waals surface area (Å²) >= 11 is 3.57. The van der Waals surface area contributed by atoms with Crippen molar-refractivity contribution in [2.45, 2.75) is 19.9 Å². The molecule has 0 fully saturated rings. The fourth-order valence-corrected chi connectivity index (χ4v) is 2.83. The molecule has 0 saturated carbocycles. The number of carbonyl (C=O) groups is 1. The van der Waals surface area contributed by atoms with Crippen LogP contribution in [0.5, 0.6) is 0 Å². The van der Waals surface area contributed by atoms with Gasteiger partial charge in [-0.15, -0.1) is 0 Å². The number of hydrogen-bond donors (Lipinski definition) is 2. The van der Waals surface area contributed by atoms with E-state index in [9.17, 15) is 4.79 Å². The van der Waals surface area contributed by atoms with Crippen molar-refractivity contribution < 1.29 is 4.79 Å². The Kier molecular flexibility index (Phi) is 5.02. The van der Waals surface area contributed by atoms with Gasteiger partial charge >= 0.3 is 0 Å². The quantitative estimate of drug-likeness (QED) is 0.866. The predicted molar refractivity (Wildman–Crippen MR) is 90.7 cm³/mol. The van der Waals surface area contributed by atoms with Gasteiger partial charge in [-0.1, -0.05) is 40.2 Å². The number of benzene rings is 2. The van der Waals surface area contributed by atoms with Crippen LogP contribution < -0.4 is 10.6 Å². The van der Waals surface area contributed by atoms with Crippen molar-refractivity contribution in [2.24, 2.45) is 0 Å². The van der Waals surface area contributed by atoms with E-state index in [1.807, 2.05) is 43.3 Å². The predicted octanol–water partition coefficient (Wildman–Crippen LogP) is 4.29. The topological polar surface area (TPSA) is 41.1 Å². The van der Waals surface area contributed by atoms with E-state index < -0.39 is 0 Å². The Balaban J connectivity index is 2.27. The van der Waals surface area contributed by atoms with E-state index in [4.69, 9.17) is 0 Å². The van der Waals surface area contributed by atoms with Crippen LogP contribution in [0.1, 0.15) is 34.5 Å². The van der Waals surface area contributed by atoms with Crippen LogP contribution in [0.3, 0.4) is 0 Å². The number of hydrogen-bond acceptors (Lipinski definition) is 2. The molecule has 2 aromatic rings. The number of anilines is 1. The van der Waals surface area contributed by atoms with E-state index in [0.717, 1.165) is 15.7 Å². The number of aryl methyl sites for hydroxylation is 1. The largest absolute Gasteiger partial charge is 0.378 e. The number of rotatable bonds is 4. The highest BCUT2D eigenvalue weighted by atomic mass is 79.9. The lowest BCUT2D eigenvalue weighted by Crippen LogP contribution is -2.18. The van der Waals surface area contributed by atoms with Crippen LogP contribution in [-0.4, -0.2) is 13.0 Å². The SMILES string of the molecule is CNC(=O)c1ccc(C)c(NC(C)c2ccccc2Br)c1. The molecule has 110 valence electrons. The Labute approximate surface area is 133 Å². The van der Waals surface area contributed by atoms with E-state index in [1.165, 1.54) is 5.56 Å². The maximum atomic E-state index is 11.7. The Morgan fingerprint density at radius 3 is 2.57 bits per heavy atom. The van der Waals surface area contributed by atoms with Gasteiger partial charge in [0.25, 0.3) is 5.91 Å². The second-order valence-electron chi connectivity index (χ2n) is 5.00. The molecular weight excluding hydrogens is 328 g/mol. The van der Waals surface area contributed by atoms with Crippen molar-refractivity contribution in [3.05, 3.63) is 63.6 Å². The first-order valence-corrected chi connectivity index (χ1v) is 7.66. The molecule has 0 heterocycles. The van der Waals surface area contributed by atoms with Crippen LogP contribution in [0.2, 0.25) is 0 Å². The highest BCUT2D eigenvalue weighted by Gasteiger charge is 2.11. The third kappa shape index (κ3) is 3.64. The van der Waals surface area contributed by atoms with Gasteiger partial charge in [0.05, 0.1) is 0 Å². The molecule has 2 aromatic carbocycles. The number of nitrogens with one attached hydrogen (secondary N) is 2. The lowest BCUT2D eigenvalue weighted by molar-refractivity contribution is 0.0963.